The molecule has 0 saturated carbocycles. The summed E-state index contributed by atoms with van der Waals surface area (Å²) < 4.78 is 17.0. The highest BCUT2D eigenvalue weighted by Crippen LogP contribution is 2.28. The lowest BCUT2D eigenvalue weighted by Gasteiger charge is -2.22. The van der Waals surface area contributed by atoms with Crippen molar-refractivity contribution in [3.05, 3.63) is 101 Å². The van der Waals surface area contributed by atoms with E-state index in [1.54, 1.807) is 0 Å². The van der Waals surface area contributed by atoms with Gasteiger partial charge >= 0.3 is 12.1 Å². The van der Waals surface area contributed by atoms with Gasteiger partial charge in [-0.05, 0) is 61.6 Å². The van der Waals surface area contributed by atoms with Crippen LogP contribution in [0.1, 0.15) is 55.5 Å². The molecule has 0 radical (unpaired) electrons. The summed E-state index contributed by atoms with van der Waals surface area (Å²) in [5.74, 6) is 5.84. The molecule has 5 N–H and O–H groups in total. The average molecular weight is 604 g/mol. The number of amides is 1. The molecule has 3 aromatic rings. The summed E-state index contributed by atoms with van der Waals surface area (Å²) in [6.45, 7) is 7.40. The molecule has 0 fully saturated rings. The first-order valence-electron chi connectivity index (χ1n) is 14.5. The van der Waals surface area contributed by atoms with Crippen LogP contribution in [0.15, 0.2) is 83.9 Å². The lowest BCUT2D eigenvalue weighted by Crippen LogP contribution is -2.35. The summed E-state index contributed by atoms with van der Waals surface area (Å²) in [6.07, 6.45) is -1.58. The van der Waals surface area contributed by atoms with Crippen molar-refractivity contribution in [2.24, 2.45) is 16.6 Å². The second kappa shape index (κ2) is 15.2. The van der Waals surface area contributed by atoms with E-state index in [0.717, 1.165) is 22.3 Å². The number of guanidine groups is 1. The fourth-order valence-electron chi connectivity index (χ4n) is 4.61. The number of carbonyl (C=O) groups excluding carboxylic acids is 2. The van der Waals surface area contributed by atoms with Gasteiger partial charge in [0.25, 0.3) is 0 Å². The summed E-state index contributed by atoms with van der Waals surface area (Å²) in [5, 5.41) is 2.71. The molecule has 0 unspecified atom stereocenters. The number of carbonyl (C=O) groups is 2. The van der Waals surface area contributed by atoms with Crippen LogP contribution in [0.4, 0.5) is 4.79 Å². The third-order valence-corrected chi connectivity index (χ3v) is 6.77. The Morgan fingerprint density at radius 3 is 2.20 bits per heavy atom. The fraction of sp³-hybridized carbons (Fsp3) is 0.364. The summed E-state index contributed by atoms with van der Waals surface area (Å²) in [5.41, 5.74) is 9.49. The zero-order valence-electron chi connectivity index (χ0n) is 25.4. The van der Waals surface area contributed by atoms with Gasteiger partial charge in [0.15, 0.2) is 12.1 Å². The minimum absolute atomic E-state index is 0.130. The number of nitrogens with two attached hydrogens (primary N) is 2. The van der Waals surface area contributed by atoms with E-state index in [4.69, 9.17) is 30.7 Å². The number of fused-ring (bicyclic) bond motifs is 1. The third kappa shape index (κ3) is 9.45. The van der Waals surface area contributed by atoms with E-state index in [9.17, 15) is 9.59 Å². The maximum atomic E-state index is 13.1. The van der Waals surface area contributed by atoms with E-state index in [0.29, 0.717) is 44.3 Å². The van der Waals surface area contributed by atoms with E-state index >= 15 is 0 Å². The Kier molecular flexibility index (Phi) is 11.2. The van der Waals surface area contributed by atoms with Crippen LogP contribution in [-0.2, 0) is 32.2 Å². The molecule has 4 rings (SSSR count). The highest BCUT2D eigenvalue weighted by Gasteiger charge is 2.27. The normalized spacial score (nSPS) is 13.8. The SMILES string of the molecule is CC(C)(C)OC(=O)NCCCN=C(N)N1Cc2ccc(OC[C@H](ON)C(=O)OC(c3ccccc3)c3ccccc3)cc2C1. The number of aliphatic imine (C=N–C) groups is 1. The van der Waals surface area contributed by atoms with Crippen LogP contribution >= 0.6 is 0 Å². The largest absolute Gasteiger partial charge is 0.490 e. The topological polar surface area (TPSA) is 151 Å². The number of nitrogens with one attached hydrogen (secondary N) is 1. The Bertz CT molecular complexity index is 1370. The number of benzene rings is 3. The van der Waals surface area contributed by atoms with Gasteiger partial charge in [0.2, 0.25) is 6.10 Å². The monoisotopic (exact) mass is 603 g/mol. The lowest BCUT2D eigenvalue weighted by atomic mass is 10.0. The minimum Gasteiger partial charge on any atom is -0.490 e. The molecular formula is C33H41N5O6. The quantitative estimate of drug-likeness (QED) is 0.0910. The van der Waals surface area contributed by atoms with Crippen molar-refractivity contribution in [3.8, 4) is 5.75 Å². The molecule has 0 aliphatic carbocycles. The van der Waals surface area contributed by atoms with Gasteiger partial charge in [-0.25, -0.2) is 15.5 Å². The Hall–Kier alpha value is -4.61. The molecule has 0 spiro atoms. The molecule has 234 valence electrons. The lowest BCUT2D eigenvalue weighted by molar-refractivity contribution is -0.163. The number of alkyl carbamates (subject to hydrolysis) is 1. The van der Waals surface area contributed by atoms with Gasteiger partial charge < -0.3 is 30.2 Å². The molecule has 3 aromatic carbocycles. The Labute approximate surface area is 258 Å². The molecule has 0 aromatic heterocycles. The predicted octanol–water partition coefficient (Wildman–Crippen LogP) is 4.20. The maximum Gasteiger partial charge on any atom is 0.407 e. The van der Waals surface area contributed by atoms with Gasteiger partial charge in [-0.15, -0.1) is 0 Å². The Balaban J connectivity index is 1.28. The summed E-state index contributed by atoms with van der Waals surface area (Å²) in [4.78, 5) is 36.2. The van der Waals surface area contributed by atoms with Crippen molar-refractivity contribution < 1.29 is 28.6 Å². The first kappa shape index (κ1) is 32.3. The van der Waals surface area contributed by atoms with E-state index in [2.05, 4.69) is 10.3 Å². The van der Waals surface area contributed by atoms with Crippen molar-refractivity contribution in [2.75, 3.05) is 19.7 Å². The Morgan fingerprint density at radius 1 is 0.955 bits per heavy atom. The average Bonchev–Trinajstić information content (AvgIpc) is 3.44. The zero-order chi connectivity index (χ0) is 31.5. The van der Waals surface area contributed by atoms with E-state index in [-0.39, 0.29) is 6.61 Å². The van der Waals surface area contributed by atoms with Gasteiger partial charge in [0.1, 0.15) is 18.0 Å². The number of nitrogens with zero attached hydrogens (tertiary/aromatic N) is 2. The molecule has 1 heterocycles. The van der Waals surface area contributed by atoms with Crippen LogP contribution in [0, 0.1) is 0 Å². The van der Waals surface area contributed by atoms with Gasteiger partial charge in [0.05, 0.1) is 0 Å². The first-order valence-corrected chi connectivity index (χ1v) is 14.5. The third-order valence-electron chi connectivity index (χ3n) is 6.77. The van der Waals surface area contributed by atoms with Gasteiger partial charge in [-0.3, -0.25) is 9.83 Å². The highest BCUT2D eigenvalue weighted by atomic mass is 16.7. The predicted molar refractivity (Wildman–Crippen MR) is 166 cm³/mol. The van der Waals surface area contributed by atoms with Crippen molar-refractivity contribution in [1.82, 2.24) is 10.2 Å². The van der Waals surface area contributed by atoms with Crippen molar-refractivity contribution in [2.45, 2.75) is 58.1 Å². The number of rotatable bonds is 12. The molecule has 44 heavy (non-hydrogen) atoms. The number of esters is 1. The van der Waals surface area contributed by atoms with Crippen molar-refractivity contribution in [3.63, 3.8) is 0 Å². The molecule has 11 nitrogen and oxygen atoms in total. The summed E-state index contributed by atoms with van der Waals surface area (Å²) >= 11 is 0. The standard InChI is InChI=1S/C33H41N5O6/c1-33(2,3)43-32(40)37-18-10-17-36-31(34)38-20-25-15-16-27(19-26(25)21-38)41-22-28(44-35)30(39)42-29(23-11-6-4-7-12-23)24-13-8-5-9-14-24/h4-9,11-16,19,28-29H,10,17-18,20-22,35H2,1-3H3,(H2,34,36)(H,37,40)/t28-/m0/s1. The van der Waals surface area contributed by atoms with Crippen molar-refractivity contribution in [1.29, 1.82) is 0 Å². The number of hydrogen-bond donors (Lipinski definition) is 3. The zero-order valence-corrected chi connectivity index (χ0v) is 25.4. The highest BCUT2D eigenvalue weighted by molar-refractivity contribution is 5.79. The summed E-state index contributed by atoms with van der Waals surface area (Å²) in [7, 11) is 0. The second-order valence-electron chi connectivity index (χ2n) is 11.4. The smallest absolute Gasteiger partial charge is 0.407 e. The number of ether oxygens (including phenoxy) is 3. The van der Waals surface area contributed by atoms with Crippen LogP contribution in [-0.4, -0.2) is 54.3 Å². The van der Waals surface area contributed by atoms with Gasteiger partial charge in [-0.1, -0.05) is 66.7 Å². The van der Waals surface area contributed by atoms with Crippen LogP contribution < -0.4 is 21.7 Å². The maximum absolute atomic E-state index is 13.1. The first-order chi connectivity index (χ1) is 21.1. The molecule has 1 aliphatic heterocycles. The van der Waals surface area contributed by atoms with Crippen LogP contribution in [0.25, 0.3) is 0 Å². The van der Waals surface area contributed by atoms with Crippen LogP contribution in [0.5, 0.6) is 5.75 Å². The molecule has 0 saturated heterocycles. The van der Waals surface area contributed by atoms with Crippen LogP contribution in [0.3, 0.4) is 0 Å². The minimum atomic E-state index is -1.14. The molecule has 1 atom stereocenters. The van der Waals surface area contributed by atoms with Gasteiger partial charge in [0, 0.05) is 26.2 Å². The van der Waals surface area contributed by atoms with E-state index in [1.165, 1.54) is 0 Å². The number of hydrogen-bond acceptors (Lipinski definition) is 8. The Morgan fingerprint density at radius 2 is 1.59 bits per heavy atom. The van der Waals surface area contributed by atoms with Crippen molar-refractivity contribution >= 4 is 18.0 Å². The molecule has 11 heteroatoms. The molecule has 1 amide bonds. The molecule has 0 bridgehead atoms. The second-order valence-corrected chi connectivity index (χ2v) is 11.4. The molecule has 1 aliphatic rings. The van der Waals surface area contributed by atoms with E-state index in [1.807, 2.05) is 105 Å². The molecular weight excluding hydrogens is 562 g/mol. The van der Waals surface area contributed by atoms with Gasteiger partial charge in [-0.2, -0.15) is 0 Å². The fourth-order valence-corrected chi connectivity index (χ4v) is 4.61. The summed E-state index contributed by atoms with van der Waals surface area (Å²) in [6, 6.07) is 24.6. The van der Waals surface area contributed by atoms with Crippen LogP contribution in [0.2, 0.25) is 0 Å². The van der Waals surface area contributed by atoms with E-state index < -0.39 is 29.9 Å².